The van der Waals surface area contributed by atoms with Gasteiger partial charge in [-0.3, -0.25) is 9.59 Å². The quantitative estimate of drug-likeness (QED) is 0.0896. The van der Waals surface area contributed by atoms with Gasteiger partial charge in [0.15, 0.2) is 47.4 Å². The van der Waals surface area contributed by atoms with Crippen molar-refractivity contribution in [1.82, 2.24) is 0 Å². The normalized spacial score (nSPS) is 27.2. The second-order valence-corrected chi connectivity index (χ2v) is 10.8. The maximum Gasteiger partial charge on any atom is 0.339 e. The molecule has 2 aromatic rings. The molecule has 2 aromatic carbocycles. The number of carboxylic acids is 2. The number of phenols is 6. The molecule has 1 unspecified atom stereocenters. The molecule has 4 heterocycles. The average Bonchev–Trinajstić information content (AvgIpc) is 3.02. The van der Waals surface area contributed by atoms with Crippen LogP contribution in [0.3, 0.4) is 0 Å². The van der Waals surface area contributed by atoms with Gasteiger partial charge in [0.25, 0.3) is 0 Å². The van der Waals surface area contributed by atoms with E-state index >= 15 is 0 Å². The zero-order valence-corrected chi connectivity index (χ0v) is 23.2. The zero-order chi connectivity index (χ0) is 35.0. The second-order valence-electron chi connectivity index (χ2n) is 10.8. The number of hydrogen-bond acceptors (Lipinski definition) is 18. The van der Waals surface area contributed by atoms with E-state index in [4.69, 9.17) is 14.2 Å². The van der Waals surface area contributed by atoms with E-state index < -0.39 is 159 Å². The molecular weight excluding hydrogens is 644 g/mol. The van der Waals surface area contributed by atoms with Gasteiger partial charge in [-0.15, -0.1) is 0 Å². The smallest absolute Gasteiger partial charge is 0.339 e. The highest BCUT2D eigenvalue weighted by molar-refractivity contribution is 6.11. The number of carbonyl (C=O) groups is 5. The van der Waals surface area contributed by atoms with E-state index in [0.717, 1.165) is 0 Å². The Labute approximate surface area is 259 Å². The van der Waals surface area contributed by atoms with Crippen molar-refractivity contribution in [2.45, 2.75) is 49.0 Å². The number of cyclic esters (lactones) is 1. The van der Waals surface area contributed by atoms with Gasteiger partial charge in [0.1, 0.15) is 12.2 Å². The number of phenolic OH excluding ortho intramolecular Hbond substituents is 6. The molecule has 4 aliphatic heterocycles. The molecule has 20 heteroatoms. The number of ether oxygens (including phenoxy) is 3. The summed E-state index contributed by atoms with van der Waals surface area (Å²) in [4.78, 5) is 65.1. The summed E-state index contributed by atoms with van der Waals surface area (Å²) in [5.74, 6) is -24.0. The molecule has 12 N–H and O–H groups in total. The standard InChI is InChI=1S/C27H24O20/c28-2-4-13(31)22-23-18(36)12-11(27(44)47-23)9(16(34)21(39)17(12)35)8-10(26(43)46-22)7(14(32)20(38)15(8)33)6(19(37)24(40)41)3(1-5(29)30)25(42)45-4/h3-4,6,13,18-19,22-23,28,31-39H,1-2H2,(H,29,30)(H,40,41)/t3-,4+,6+,13+,18-,19-,22-,23?/m1/s1. The molecule has 8 atom stereocenters. The molecule has 0 saturated carbocycles. The fourth-order valence-corrected chi connectivity index (χ4v) is 6.09. The fourth-order valence-electron chi connectivity index (χ4n) is 6.09. The van der Waals surface area contributed by atoms with Crippen molar-refractivity contribution in [2.24, 2.45) is 5.92 Å². The Morgan fingerprint density at radius 3 is 1.66 bits per heavy atom. The number of benzene rings is 2. The highest BCUT2D eigenvalue weighted by Gasteiger charge is 2.55. The minimum atomic E-state index is -2.98. The van der Waals surface area contributed by atoms with Crippen molar-refractivity contribution in [2.75, 3.05) is 6.61 Å². The van der Waals surface area contributed by atoms with Crippen LogP contribution in [0.1, 0.15) is 50.3 Å². The van der Waals surface area contributed by atoms with Crippen LogP contribution in [0, 0.1) is 5.92 Å². The molecular formula is C27H24O20. The maximum absolute atomic E-state index is 14.1. The van der Waals surface area contributed by atoms with Crippen LogP contribution in [-0.4, -0.2) is 128 Å². The second kappa shape index (κ2) is 11.3. The molecule has 20 nitrogen and oxygen atoms in total. The van der Waals surface area contributed by atoms with Crippen LogP contribution in [0.2, 0.25) is 0 Å². The van der Waals surface area contributed by atoms with Crippen molar-refractivity contribution in [1.29, 1.82) is 0 Å². The SMILES string of the molecule is O=C(O)C[C@H]1C(=O)O[C@@H](CO)[C@H](O)[C@H]2OC(=O)c3c(c(O)c(O)c(O)c3[C@H]1[C@@H](O)C(=O)O)-c1c(O)c(O)c(O)c3c1C(=O)OC2[C@@H]3O. The van der Waals surface area contributed by atoms with Gasteiger partial charge in [-0.05, 0) is 0 Å². The van der Waals surface area contributed by atoms with Gasteiger partial charge in [0.05, 0.1) is 30.1 Å². The molecule has 0 aliphatic carbocycles. The summed E-state index contributed by atoms with van der Waals surface area (Å²) in [6.45, 7) is -1.37. The highest BCUT2D eigenvalue weighted by Crippen LogP contribution is 2.59. The van der Waals surface area contributed by atoms with Gasteiger partial charge < -0.3 is 75.5 Å². The Balaban J connectivity index is 2.10. The molecule has 0 amide bonds. The van der Waals surface area contributed by atoms with Crippen molar-refractivity contribution in [3.8, 4) is 45.6 Å². The summed E-state index contributed by atoms with van der Waals surface area (Å²) in [6, 6.07) is 0. The van der Waals surface area contributed by atoms with Crippen molar-refractivity contribution in [3.63, 3.8) is 0 Å². The van der Waals surface area contributed by atoms with Gasteiger partial charge in [-0.1, -0.05) is 0 Å². The summed E-state index contributed by atoms with van der Waals surface area (Å²) < 4.78 is 15.5. The third-order valence-electron chi connectivity index (χ3n) is 8.22. The van der Waals surface area contributed by atoms with Crippen LogP contribution >= 0.6 is 0 Å². The molecule has 252 valence electrons. The van der Waals surface area contributed by atoms with Crippen LogP contribution in [0.15, 0.2) is 0 Å². The number of carbonyl (C=O) groups excluding carboxylic acids is 3. The summed E-state index contributed by atoms with van der Waals surface area (Å²) in [5, 5.41) is 128. The molecule has 0 fully saturated rings. The van der Waals surface area contributed by atoms with Crippen LogP contribution < -0.4 is 0 Å². The third kappa shape index (κ3) is 4.72. The van der Waals surface area contributed by atoms with E-state index in [9.17, 15) is 85.3 Å². The lowest BCUT2D eigenvalue weighted by molar-refractivity contribution is -0.183. The first-order valence-corrected chi connectivity index (χ1v) is 13.3. The molecule has 0 spiro atoms. The minimum Gasteiger partial charge on any atom is -0.504 e. The Hall–Kier alpha value is -5.57. The predicted molar refractivity (Wildman–Crippen MR) is 140 cm³/mol. The van der Waals surface area contributed by atoms with Gasteiger partial charge in [0.2, 0.25) is 11.5 Å². The molecule has 47 heavy (non-hydrogen) atoms. The van der Waals surface area contributed by atoms with E-state index in [1.165, 1.54) is 0 Å². The van der Waals surface area contributed by atoms with Crippen LogP contribution in [-0.2, 0) is 28.6 Å². The van der Waals surface area contributed by atoms with Gasteiger partial charge in [0, 0.05) is 28.2 Å². The van der Waals surface area contributed by atoms with Crippen LogP contribution in [0.25, 0.3) is 11.1 Å². The number of aliphatic hydroxyl groups is 4. The third-order valence-corrected chi connectivity index (χ3v) is 8.22. The molecule has 0 saturated heterocycles. The lowest BCUT2D eigenvalue weighted by Gasteiger charge is -2.39. The van der Waals surface area contributed by atoms with Crippen molar-refractivity contribution in [3.05, 3.63) is 22.3 Å². The first kappa shape index (κ1) is 32.8. The van der Waals surface area contributed by atoms with E-state index in [1.54, 1.807) is 0 Å². The first-order valence-electron chi connectivity index (χ1n) is 13.3. The van der Waals surface area contributed by atoms with Crippen LogP contribution in [0.4, 0.5) is 0 Å². The fraction of sp³-hybridized carbons (Fsp3) is 0.370. The maximum atomic E-state index is 14.1. The average molecular weight is 668 g/mol. The highest BCUT2D eigenvalue weighted by atomic mass is 16.6. The van der Waals surface area contributed by atoms with Gasteiger partial charge in [-0.2, -0.15) is 0 Å². The van der Waals surface area contributed by atoms with Gasteiger partial charge in [-0.25, -0.2) is 14.4 Å². The molecule has 6 bridgehead atoms. The summed E-state index contributed by atoms with van der Waals surface area (Å²) in [6.07, 6.45) is -16.4. The molecule has 0 radical (unpaired) electrons. The molecule has 0 aromatic heterocycles. The van der Waals surface area contributed by atoms with E-state index in [-0.39, 0.29) is 0 Å². The number of aromatic hydroxyl groups is 6. The summed E-state index contributed by atoms with van der Waals surface area (Å²) in [7, 11) is 0. The number of rotatable bonds is 5. The first-order chi connectivity index (χ1) is 22.0. The number of aliphatic carboxylic acids is 2. The lowest BCUT2D eigenvalue weighted by Crippen LogP contribution is -2.54. The van der Waals surface area contributed by atoms with E-state index in [1.807, 2.05) is 0 Å². The number of hydrogen-bond donors (Lipinski definition) is 12. The predicted octanol–water partition coefficient (Wildman–Crippen LogP) is -2.40. The number of aliphatic hydroxyl groups excluding tert-OH is 4. The van der Waals surface area contributed by atoms with Crippen molar-refractivity contribution < 1.29 is 99.5 Å². The Kier molecular flexibility index (Phi) is 7.92. The monoisotopic (exact) mass is 668 g/mol. The Morgan fingerprint density at radius 1 is 0.681 bits per heavy atom. The summed E-state index contributed by atoms with van der Waals surface area (Å²) in [5.41, 5.74) is -7.37. The Morgan fingerprint density at radius 2 is 1.17 bits per heavy atom. The summed E-state index contributed by atoms with van der Waals surface area (Å²) >= 11 is 0. The molecule has 4 aliphatic rings. The van der Waals surface area contributed by atoms with Crippen LogP contribution in [0.5, 0.6) is 34.5 Å². The number of fused-ring (bicyclic) bond motifs is 1. The van der Waals surface area contributed by atoms with E-state index in [2.05, 4.69) is 0 Å². The topological polar surface area (TPSA) is 356 Å². The van der Waals surface area contributed by atoms with Crippen molar-refractivity contribution >= 4 is 29.8 Å². The molecule has 6 rings (SSSR count). The minimum absolute atomic E-state index is 0.982. The van der Waals surface area contributed by atoms with E-state index in [0.29, 0.717) is 0 Å². The zero-order valence-electron chi connectivity index (χ0n) is 23.2. The van der Waals surface area contributed by atoms with Gasteiger partial charge >= 0.3 is 29.8 Å². The largest absolute Gasteiger partial charge is 0.504 e. The Bertz CT molecular complexity index is 1750. The lowest BCUT2D eigenvalue weighted by atomic mass is 9.74. The number of carboxylic acid groups (broad SMARTS) is 2. The number of esters is 3.